The molecule has 0 atom stereocenters. The van der Waals surface area contributed by atoms with Gasteiger partial charge in [0, 0.05) is 20.4 Å². The van der Waals surface area contributed by atoms with E-state index in [2.05, 4.69) is 27.9 Å². The molecule has 0 fully saturated rings. The molecule has 0 aromatic heterocycles. The van der Waals surface area contributed by atoms with Gasteiger partial charge in [-0.1, -0.05) is 24.4 Å². The van der Waals surface area contributed by atoms with E-state index >= 15 is 0 Å². The first kappa shape index (κ1) is 14.0. The van der Waals surface area contributed by atoms with Gasteiger partial charge in [-0.15, -0.1) is 0 Å². The van der Waals surface area contributed by atoms with Gasteiger partial charge >= 0.3 is 0 Å². The molecule has 0 aliphatic heterocycles. The van der Waals surface area contributed by atoms with E-state index in [9.17, 15) is 4.79 Å². The van der Waals surface area contributed by atoms with Crippen LogP contribution in [0.3, 0.4) is 0 Å². The Bertz CT molecular complexity index is 626. The Hall–Kier alpha value is -1.47. The highest BCUT2D eigenvalue weighted by Crippen LogP contribution is 2.13. The molecule has 2 rings (SSSR count). The van der Waals surface area contributed by atoms with Gasteiger partial charge < -0.3 is 11.1 Å². The maximum atomic E-state index is 12.0. The quantitative estimate of drug-likeness (QED) is 0.634. The highest BCUT2D eigenvalue weighted by Gasteiger charge is 2.06. The van der Waals surface area contributed by atoms with Crippen LogP contribution >= 0.6 is 34.8 Å². The van der Waals surface area contributed by atoms with Crippen molar-refractivity contribution in [3.63, 3.8) is 0 Å². The standard InChI is InChI=1S/C14H11IN2OS/c15-11-6-4-9(5-7-11)14(18)17-12-3-1-2-10(8-12)13(16)19/h1-8H,(H2,16,19)(H,17,18). The number of hydrogen-bond donors (Lipinski definition) is 2. The van der Waals surface area contributed by atoms with Crippen LogP contribution < -0.4 is 11.1 Å². The second-order valence-electron chi connectivity index (χ2n) is 3.91. The summed E-state index contributed by atoms with van der Waals surface area (Å²) in [5.41, 5.74) is 7.58. The minimum Gasteiger partial charge on any atom is -0.389 e. The Morgan fingerprint density at radius 2 is 1.79 bits per heavy atom. The molecule has 0 aliphatic carbocycles. The number of hydrogen-bond acceptors (Lipinski definition) is 2. The van der Waals surface area contributed by atoms with Crippen LogP contribution in [-0.2, 0) is 0 Å². The monoisotopic (exact) mass is 382 g/mol. The fraction of sp³-hybridized carbons (Fsp3) is 0. The molecule has 0 unspecified atom stereocenters. The van der Waals surface area contributed by atoms with E-state index in [0.29, 0.717) is 16.2 Å². The molecule has 0 aliphatic rings. The normalized spacial score (nSPS) is 9.95. The maximum absolute atomic E-state index is 12.0. The van der Waals surface area contributed by atoms with Crippen molar-refractivity contribution >= 4 is 51.4 Å². The molecule has 2 aromatic rings. The lowest BCUT2D eigenvalue weighted by Crippen LogP contribution is -2.13. The lowest BCUT2D eigenvalue weighted by molar-refractivity contribution is 0.102. The third-order valence-corrected chi connectivity index (χ3v) is 3.47. The van der Waals surface area contributed by atoms with Gasteiger partial charge in [-0.2, -0.15) is 0 Å². The molecule has 19 heavy (non-hydrogen) atoms. The molecule has 0 saturated carbocycles. The lowest BCUT2D eigenvalue weighted by Gasteiger charge is -2.07. The van der Waals surface area contributed by atoms with Gasteiger partial charge in [-0.05, 0) is 59.0 Å². The van der Waals surface area contributed by atoms with Crippen LogP contribution in [0.4, 0.5) is 5.69 Å². The molecular weight excluding hydrogens is 371 g/mol. The van der Waals surface area contributed by atoms with Gasteiger partial charge in [-0.3, -0.25) is 4.79 Å². The smallest absolute Gasteiger partial charge is 0.255 e. The number of nitrogens with two attached hydrogens (primary N) is 1. The number of halogens is 1. The molecule has 0 heterocycles. The molecule has 0 spiro atoms. The van der Waals surface area contributed by atoms with Crippen molar-refractivity contribution < 1.29 is 4.79 Å². The summed E-state index contributed by atoms with van der Waals surface area (Å²) in [5, 5.41) is 2.82. The summed E-state index contributed by atoms with van der Waals surface area (Å²) >= 11 is 7.10. The zero-order chi connectivity index (χ0) is 13.8. The second-order valence-corrected chi connectivity index (χ2v) is 5.59. The Labute approximate surface area is 130 Å². The van der Waals surface area contributed by atoms with Crippen molar-refractivity contribution in [2.75, 3.05) is 5.32 Å². The molecule has 0 saturated heterocycles. The van der Waals surface area contributed by atoms with Crippen molar-refractivity contribution in [1.82, 2.24) is 0 Å². The maximum Gasteiger partial charge on any atom is 0.255 e. The van der Waals surface area contributed by atoms with Crippen molar-refractivity contribution in [3.8, 4) is 0 Å². The highest BCUT2D eigenvalue weighted by molar-refractivity contribution is 14.1. The number of carbonyl (C=O) groups is 1. The lowest BCUT2D eigenvalue weighted by atomic mass is 10.1. The van der Waals surface area contributed by atoms with Crippen LogP contribution in [0.5, 0.6) is 0 Å². The van der Waals surface area contributed by atoms with Crippen LogP contribution in [0.25, 0.3) is 0 Å². The van der Waals surface area contributed by atoms with Crippen molar-refractivity contribution in [2.45, 2.75) is 0 Å². The fourth-order valence-corrected chi connectivity index (χ4v) is 2.04. The summed E-state index contributed by atoms with van der Waals surface area (Å²) < 4.78 is 1.09. The zero-order valence-electron chi connectivity index (χ0n) is 9.89. The van der Waals surface area contributed by atoms with Crippen molar-refractivity contribution in [3.05, 3.63) is 63.2 Å². The van der Waals surface area contributed by atoms with Crippen molar-refractivity contribution in [1.29, 1.82) is 0 Å². The number of rotatable bonds is 3. The predicted molar refractivity (Wildman–Crippen MR) is 89.4 cm³/mol. The molecule has 3 N–H and O–H groups in total. The molecule has 5 heteroatoms. The molecule has 1 amide bonds. The van der Waals surface area contributed by atoms with E-state index < -0.39 is 0 Å². The highest BCUT2D eigenvalue weighted by atomic mass is 127. The van der Waals surface area contributed by atoms with E-state index in [1.807, 2.05) is 18.2 Å². The molecule has 96 valence electrons. The number of carbonyl (C=O) groups excluding carboxylic acids is 1. The summed E-state index contributed by atoms with van der Waals surface area (Å²) in [6.45, 7) is 0. The van der Waals surface area contributed by atoms with E-state index in [1.165, 1.54) is 0 Å². The number of thiocarbonyl (C=S) groups is 1. The third-order valence-electron chi connectivity index (χ3n) is 2.51. The minimum atomic E-state index is -0.156. The summed E-state index contributed by atoms with van der Waals surface area (Å²) in [4.78, 5) is 12.3. The van der Waals surface area contributed by atoms with Crippen LogP contribution in [0.2, 0.25) is 0 Å². The van der Waals surface area contributed by atoms with Gasteiger partial charge in [0.25, 0.3) is 5.91 Å². The average Bonchev–Trinajstić information content (AvgIpc) is 2.39. The first-order valence-corrected chi connectivity index (χ1v) is 7.02. The number of nitrogens with one attached hydrogen (secondary N) is 1. The minimum absolute atomic E-state index is 0.156. The van der Waals surface area contributed by atoms with E-state index in [1.54, 1.807) is 30.3 Å². The van der Waals surface area contributed by atoms with Crippen LogP contribution in [0, 0.1) is 3.57 Å². The largest absolute Gasteiger partial charge is 0.389 e. The van der Waals surface area contributed by atoms with Gasteiger partial charge in [0.15, 0.2) is 0 Å². The van der Waals surface area contributed by atoms with E-state index in [4.69, 9.17) is 18.0 Å². The summed E-state index contributed by atoms with van der Waals surface area (Å²) in [7, 11) is 0. The van der Waals surface area contributed by atoms with Crippen LogP contribution in [-0.4, -0.2) is 10.9 Å². The van der Waals surface area contributed by atoms with Gasteiger partial charge in [0.05, 0.1) is 0 Å². The van der Waals surface area contributed by atoms with Gasteiger partial charge in [0.2, 0.25) is 0 Å². The first-order chi connectivity index (χ1) is 9.06. The molecule has 3 nitrogen and oxygen atoms in total. The number of amides is 1. The SMILES string of the molecule is NC(=S)c1cccc(NC(=O)c2ccc(I)cc2)c1. The Morgan fingerprint density at radius 1 is 1.11 bits per heavy atom. The second kappa shape index (κ2) is 6.12. The first-order valence-electron chi connectivity index (χ1n) is 5.53. The predicted octanol–water partition coefficient (Wildman–Crippen LogP) is 3.18. The Morgan fingerprint density at radius 3 is 2.42 bits per heavy atom. The van der Waals surface area contributed by atoms with E-state index in [-0.39, 0.29) is 5.91 Å². The summed E-state index contributed by atoms with van der Waals surface area (Å²) in [6, 6.07) is 14.5. The molecule has 0 bridgehead atoms. The van der Waals surface area contributed by atoms with Crippen molar-refractivity contribution in [2.24, 2.45) is 5.73 Å². The van der Waals surface area contributed by atoms with Gasteiger partial charge in [-0.25, -0.2) is 0 Å². The number of benzene rings is 2. The average molecular weight is 382 g/mol. The summed E-state index contributed by atoms with van der Waals surface area (Å²) in [5.74, 6) is -0.156. The topological polar surface area (TPSA) is 55.1 Å². The summed E-state index contributed by atoms with van der Waals surface area (Å²) in [6.07, 6.45) is 0. The van der Waals surface area contributed by atoms with E-state index in [0.717, 1.165) is 9.13 Å². The number of anilines is 1. The molecule has 0 radical (unpaired) electrons. The van der Waals surface area contributed by atoms with Gasteiger partial charge in [0.1, 0.15) is 4.99 Å². The van der Waals surface area contributed by atoms with Crippen LogP contribution in [0.15, 0.2) is 48.5 Å². The third kappa shape index (κ3) is 3.74. The van der Waals surface area contributed by atoms with Crippen LogP contribution in [0.1, 0.15) is 15.9 Å². The molecule has 2 aromatic carbocycles. The Kier molecular flexibility index (Phi) is 4.49. The Balaban J connectivity index is 2.17. The zero-order valence-corrected chi connectivity index (χ0v) is 12.9. The fourth-order valence-electron chi connectivity index (χ4n) is 1.55. The molecular formula is C14H11IN2OS.